The molecule has 2 aromatic rings. The summed E-state index contributed by atoms with van der Waals surface area (Å²) in [4.78, 5) is 41.7. The maximum atomic E-state index is 13.9. The molecule has 0 fully saturated rings. The van der Waals surface area contributed by atoms with Crippen LogP contribution in [0.5, 0.6) is 5.75 Å². The molecule has 0 saturated heterocycles. The Morgan fingerprint density at radius 3 is 2.22 bits per heavy atom. The van der Waals surface area contributed by atoms with Crippen molar-refractivity contribution >= 4 is 35.2 Å². The Morgan fingerprint density at radius 2 is 1.68 bits per heavy atom. The van der Waals surface area contributed by atoms with Gasteiger partial charge in [0, 0.05) is 11.1 Å². The molecule has 0 saturated carbocycles. The lowest BCUT2D eigenvalue weighted by molar-refractivity contribution is -0.147. The monoisotopic (exact) mass is 531 g/mol. The molecular formula is C28H38ClN3O5. The van der Waals surface area contributed by atoms with Gasteiger partial charge in [0.2, 0.25) is 5.91 Å². The molecule has 9 heteroatoms. The highest BCUT2D eigenvalue weighted by Gasteiger charge is 2.43. The number of carbonyl (C=O) groups excluding carboxylic acids is 3. The predicted molar refractivity (Wildman–Crippen MR) is 146 cm³/mol. The number of phenolic OH excluding ortho intramolecular Hbond substituents is 1. The summed E-state index contributed by atoms with van der Waals surface area (Å²) < 4.78 is 5.31. The Morgan fingerprint density at radius 1 is 1.05 bits per heavy atom. The fourth-order valence-corrected chi connectivity index (χ4v) is 4.07. The van der Waals surface area contributed by atoms with Crippen molar-refractivity contribution in [3.63, 3.8) is 0 Å². The second-order valence-electron chi connectivity index (χ2n) is 10.6. The number of halogens is 1. The van der Waals surface area contributed by atoms with Gasteiger partial charge < -0.3 is 25.4 Å². The molecule has 0 aliphatic heterocycles. The number of alkyl carbamates (subject to hydrolysis) is 1. The summed E-state index contributed by atoms with van der Waals surface area (Å²) in [5.41, 5.74) is -0.203. The van der Waals surface area contributed by atoms with E-state index in [2.05, 4.69) is 10.6 Å². The number of nitrogens with one attached hydrogen (secondary N) is 2. The predicted octanol–water partition coefficient (Wildman–Crippen LogP) is 5.96. The fourth-order valence-electron chi connectivity index (χ4n) is 3.80. The van der Waals surface area contributed by atoms with Crippen LogP contribution in [0.1, 0.15) is 72.1 Å². The van der Waals surface area contributed by atoms with Crippen LogP contribution in [-0.4, -0.2) is 45.1 Å². The van der Waals surface area contributed by atoms with Crippen molar-refractivity contribution < 1.29 is 24.2 Å². The summed E-state index contributed by atoms with van der Waals surface area (Å²) in [6, 6.07) is 9.35. The van der Waals surface area contributed by atoms with Crippen LogP contribution in [0.4, 0.5) is 10.5 Å². The van der Waals surface area contributed by atoms with Crippen LogP contribution in [-0.2, 0) is 14.3 Å². The number of nitrogens with zero attached hydrogens (tertiary/aromatic N) is 1. The van der Waals surface area contributed by atoms with E-state index in [1.54, 1.807) is 51.1 Å². The first kappa shape index (κ1) is 30.0. The van der Waals surface area contributed by atoms with Crippen molar-refractivity contribution in [1.29, 1.82) is 0 Å². The first-order valence-electron chi connectivity index (χ1n) is 12.3. The molecule has 0 bridgehead atoms. The second kappa shape index (κ2) is 11.9. The number of benzene rings is 2. The van der Waals surface area contributed by atoms with Crippen LogP contribution in [0.2, 0.25) is 5.02 Å². The van der Waals surface area contributed by atoms with E-state index in [4.69, 9.17) is 16.3 Å². The van der Waals surface area contributed by atoms with Gasteiger partial charge in [0.1, 0.15) is 23.4 Å². The van der Waals surface area contributed by atoms with Gasteiger partial charge in [-0.15, -0.1) is 0 Å². The Hall–Kier alpha value is -3.26. The molecule has 3 N–H and O–H groups in total. The van der Waals surface area contributed by atoms with Gasteiger partial charge in [0.05, 0.1) is 10.7 Å². The molecule has 8 nitrogen and oxygen atoms in total. The van der Waals surface area contributed by atoms with Gasteiger partial charge in [-0.3, -0.25) is 9.59 Å². The Balaban J connectivity index is 2.59. The van der Waals surface area contributed by atoms with E-state index in [9.17, 15) is 19.5 Å². The third kappa shape index (κ3) is 7.61. The molecule has 0 aliphatic rings. The van der Waals surface area contributed by atoms with E-state index in [1.807, 2.05) is 33.8 Å². The van der Waals surface area contributed by atoms with E-state index >= 15 is 0 Å². The average molecular weight is 532 g/mol. The van der Waals surface area contributed by atoms with Crippen molar-refractivity contribution in [2.45, 2.75) is 85.0 Å². The standard InChI is InChI=1S/C28H38ClN3O5/c1-9-28(7,8)32(25(35)18(3)30-26(36)37-27(4,5)6)23(19-14-10-11-16-21(19)33)24(34)31-22-17(2)13-12-15-20(22)29/h10-16,18,23,33H,9H2,1-8H3,(H,30,36)(H,31,34). The van der Waals surface area contributed by atoms with Crippen molar-refractivity contribution in [2.75, 3.05) is 5.32 Å². The summed E-state index contributed by atoms with van der Waals surface area (Å²) >= 11 is 6.37. The lowest BCUT2D eigenvalue weighted by atomic mass is 9.91. The van der Waals surface area contributed by atoms with Crippen LogP contribution in [0, 0.1) is 6.92 Å². The summed E-state index contributed by atoms with van der Waals surface area (Å²) in [6.07, 6.45) is -0.265. The number of carbonyl (C=O) groups is 3. The summed E-state index contributed by atoms with van der Waals surface area (Å²) in [5, 5.41) is 16.5. The minimum Gasteiger partial charge on any atom is -0.508 e. The molecule has 37 heavy (non-hydrogen) atoms. The van der Waals surface area contributed by atoms with Gasteiger partial charge in [-0.05, 0) is 72.6 Å². The number of para-hydroxylation sites is 2. The zero-order chi connectivity index (χ0) is 28.1. The van der Waals surface area contributed by atoms with Crippen LogP contribution in [0.15, 0.2) is 42.5 Å². The van der Waals surface area contributed by atoms with E-state index in [1.165, 1.54) is 17.9 Å². The quantitative estimate of drug-likeness (QED) is 0.389. The molecule has 2 aromatic carbocycles. The van der Waals surface area contributed by atoms with E-state index in [-0.39, 0.29) is 11.3 Å². The smallest absolute Gasteiger partial charge is 0.408 e. The summed E-state index contributed by atoms with van der Waals surface area (Å²) in [6.45, 7) is 14.1. The van der Waals surface area contributed by atoms with Gasteiger partial charge in [0.25, 0.3) is 5.91 Å². The number of anilines is 1. The molecule has 0 radical (unpaired) electrons. The van der Waals surface area contributed by atoms with Crippen LogP contribution >= 0.6 is 11.6 Å². The highest BCUT2D eigenvalue weighted by Crippen LogP contribution is 2.37. The first-order chi connectivity index (χ1) is 17.1. The molecule has 3 amide bonds. The van der Waals surface area contributed by atoms with E-state index in [0.29, 0.717) is 17.1 Å². The Bertz CT molecular complexity index is 1120. The number of rotatable bonds is 8. The van der Waals surface area contributed by atoms with Crippen molar-refractivity contribution in [3.05, 3.63) is 58.6 Å². The molecule has 202 valence electrons. The lowest BCUT2D eigenvalue weighted by Gasteiger charge is -2.44. The van der Waals surface area contributed by atoms with Gasteiger partial charge in [-0.25, -0.2) is 4.79 Å². The number of aromatic hydroxyl groups is 1. The second-order valence-corrected chi connectivity index (χ2v) is 11.0. The molecule has 0 spiro atoms. The molecule has 2 rings (SSSR count). The Kier molecular flexibility index (Phi) is 9.60. The van der Waals surface area contributed by atoms with E-state index < -0.39 is 41.1 Å². The number of aryl methyl sites for hydroxylation is 1. The van der Waals surface area contributed by atoms with Gasteiger partial charge in [-0.2, -0.15) is 0 Å². The SMILES string of the molecule is CCC(C)(C)N(C(=O)C(C)NC(=O)OC(C)(C)C)C(C(=O)Nc1c(C)cccc1Cl)c1ccccc1O. The highest BCUT2D eigenvalue weighted by molar-refractivity contribution is 6.34. The number of hydrogen-bond acceptors (Lipinski definition) is 5. The largest absolute Gasteiger partial charge is 0.508 e. The molecule has 2 atom stereocenters. The molecular weight excluding hydrogens is 494 g/mol. The van der Waals surface area contributed by atoms with Gasteiger partial charge in [0.15, 0.2) is 0 Å². The topological polar surface area (TPSA) is 108 Å². The minimum absolute atomic E-state index is 0.143. The minimum atomic E-state index is -1.23. The highest BCUT2D eigenvalue weighted by atomic mass is 35.5. The maximum Gasteiger partial charge on any atom is 0.408 e. The fraction of sp³-hybridized carbons (Fsp3) is 0.464. The summed E-state index contributed by atoms with van der Waals surface area (Å²) in [7, 11) is 0. The van der Waals surface area contributed by atoms with E-state index in [0.717, 1.165) is 5.56 Å². The third-order valence-electron chi connectivity index (χ3n) is 6.07. The molecule has 0 heterocycles. The number of amides is 3. The number of ether oxygens (including phenoxy) is 1. The lowest BCUT2D eigenvalue weighted by Crippen LogP contribution is -2.58. The van der Waals surface area contributed by atoms with Crippen molar-refractivity contribution in [1.82, 2.24) is 10.2 Å². The molecule has 2 unspecified atom stereocenters. The number of phenols is 1. The average Bonchev–Trinajstić information content (AvgIpc) is 2.78. The zero-order valence-corrected chi connectivity index (χ0v) is 23.6. The van der Waals surface area contributed by atoms with Gasteiger partial charge >= 0.3 is 6.09 Å². The van der Waals surface area contributed by atoms with Crippen LogP contribution in [0.25, 0.3) is 0 Å². The van der Waals surface area contributed by atoms with Crippen molar-refractivity contribution in [3.8, 4) is 5.75 Å². The van der Waals surface area contributed by atoms with Crippen LogP contribution < -0.4 is 10.6 Å². The first-order valence-corrected chi connectivity index (χ1v) is 12.6. The third-order valence-corrected chi connectivity index (χ3v) is 6.38. The normalized spacial score (nSPS) is 13.3. The van der Waals surface area contributed by atoms with Crippen LogP contribution in [0.3, 0.4) is 0 Å². The molecule has 0 aliphatic carbocycles. The summed E-state index contributed by atoms with van der Waals surface area (Å²) in [5.74, 6) is -1.22. The Labute approximate surface area is 224 Å². The van der Waals surface area contributed by atoms with Crippen molar-refractivity contribution in [2.24, 2.45) is 0 Å². The number of hydrogen-bond donors (Lipinski definition) is 3. The zero-order valence-electron chi connectivity index (χ0n) is 22.8. The molecule has 0 aromatic heterocycles. The van der Waals surface area contributed by atoms with Gasteiger partial charge in [-0.1, -0.05) is 48.9 Å². The maximum absolute atomic E-state index is 13.9.